The summed E-state index contributed by atoms with van der Waals surface area (Å²) in [7, 11) is 0. The van der Waals surface area contributed by atoms with Gasteiger partial charge in [0.2, 0.25) is 11.1 Å². The number of fused-ring (bicyclic) bond motifs is 3. The Morgan fingerprint density at radius 2 is 2.12 bits per heavy atom. The zero-order valence-electron chi connectivity index (χ0n) is 18.0. The molecule has 6 rings (SSSR count). The van der Waals surface area contributed by atoms with E-state index in [1.54, 1.807) is 22.2 Å². The summed E-state index contributed by atoms with van der Waals surface area (Å²) in [6.07, 6.45) is 3.96. The predicted octanol–water partition coefficient (Wildman–Crippen LogP) is 4.33. The zero-order valence-corrected chi connectivity index (χ0v) is 20.5. The van der Waals surface area contributed by atoms with Gasteiger partial charge in [0.1, 0.15) is 15.7 Å². The fraction of sp³-hybridized carbons (Fsp3) is 0.227. The van der Waals surface area contributed by atoms with Gasteiger partial charge in [0.25, 0.3) is 0 Å². The molecule has 5 aromatic rings. The smallest absolute Gasteiger partial charge is 0.229 e. The van der Waals surface area contributed by atoms with Crippen LogP contribution in [0, 0.1) is 12.8 Å². The maximum atomic E-state index is 12.8. The number of thiazole rings is 1. The van der Waals surface area contributed by atoms with Gasteiger partial charge >= 0.3 is 0 Å². The van der Waals surface area contributed by atoms with E-state index in [1.165, 1.54) is 33.5 Å². The number of aryl methyl sites for hydroxylation is 2. The van der Waals surface area contributed by atoms with Gasteiger partial charge in [0, 0.05) is 27.8 Å². The molecule has 1 aliphatic rings. The molecule has 0 spiro atoms. The molecule has 4 aromatic heterocycles. The van der Waals surface area contributed by atoms with Crippen molar-refractivity contribution in [1.29, 1.82) is 0 Å². The Hall–Kier alpha value is -3.22. The lowest BCUT2D eigenvalue weighted by Gasteiger charge is -2.21. The average Bonchev–Trinajstić information content (AvgIpc) is 3.59. The van der Waals surface area contributed by atoms with Crippen LogP contribution in [0.25, 0.3) is 15.9 Å². The zero-order chi connectivity index (χ0) is 23.1. The quantitative estimate of drug-likeness (QED) is 0.351. The summed E-state index contributed by atoms with van der Waals surface area (Å²) >= 11 is 4.53. The van der Waals surface area contributed by atoms with Crippen LogP contribution in [0.2, 0.25) is 0 Å². The molecule has 170 valence electrons. The monoisotopic (exact) mass is 506 g/mol. The Morgan fingerprint density at radius 3 is 2.94 bits per heavy atom. The van der Waals surface area contributed by atoms with Gasteiger partial charge in [-0.3, -0.25) is 4.79 Å². The minimum atomic E-state index is -0.0833. The molecular weight excluding hydrogens is 488 g/mol. The number of hydrogen-bond donors (Lipinski definition) is 1. The number of aromatic nitrogens is 7. The van der Waals surface area contributed by atoms with Crippen molar-refractivity contribution in [2.24, 2.45) is 5.92 Å². The van der Waals surface area contributed by atoms with E-state index in [4.69, 9.17) is 9.97 Å². The van der Waals surface area contributed by atoms with E-state index in [1.807, 2.05) is 42.6 Å². The molecule has 12 heteroatoms. The molecule has 0 saturated heterocycles. The standard InChI is InChI=1S/C22H18N8OS3/c1-12-24-19-17(20(25-12)34-22-27-28-29-30(22)14-5-3-2-4-6-14)15-8-7-13(11-16(15)33-19)18(31)26-21-23-9-10-32-21/h2-6,9-10,13H,7-8,11H2,1H3,(H,23,26,31). The fourth-order valence-corrected chi connectivity index (χ4v) is 7.02. The van der Waals surface area contributed by atoms with Gasteiger partial charge in [-0.05, 0) is 66.1 Å². The van der Waals surface area contributed by atoms with Crippen LogP contribution >= 0.6 is 34.4 Å². The first-order chi connectivity index (χ1) is 16.7. The molecule has 0 saturated carbocycles. The maximum absolute atomic E-state index is 12.8. The normalized spacial score (nSPS) is 15.4. The molecular formula is C22H18N8OS3. The second-order valence-corrected chi connectivity index (χ2v) is 10.8. The van der Waals surface area contributed by atoms with Gasteiger partial charge < -0.3 is 5.32 Å². The highest BCUT2D eigenvalue weighted by atomic mass is 32.2. The highest BCUT2D eigenvalue weighted by Gasteiger charge is 2.30. The molecule has 1 unspecified atom stereocenters. The Bertz CT molecular complexity index is 1480. The first-order valence-electron chi connectivity index (χ1n) is 10.7. The summed E-state index contributed by atoms with van der Waals surface area (Å²) in [6, 6.07) is 9.79. The highest BCUT2D eigenvalue weighted by molar-refractivity contribution is 7.99. The predicted molar refractivity (Wildman–Crippen MR) is 132 cm³/mol. The van der Waals surface area contributed by atoms with Crippen LogP contribution in [0.4, 0.5) is 5.13 Å². The number of nitrogens with one attached hydrogen (secondary N) is 1. The third-order valence-electron chi connectivity index (χ3n) is 5.65. The van der Waals surface area contributed by atoms with E-state index >= 15 is 0 Å². The van der Waals surface area contributed by atoms with Crippen molar-refractivity contribution in [3.8, 4) is 5.69 Å². The molecule has 0 radical (unpaired) electrons. The number of anilines is 1. The van der Waals surface area contributed by atoms with E-state index in [-0.39, 0.29) is 11.8 Å². The van der Waals surface area contributed by atoms with Crippen LogP contribution in [-0.2, 0) is 17.6 Å². The largest absolute Gasteiger partial charge is 0.302 e. The summed E-state index contributed by atoms with van der Waals surface area (Å²) in [6.45, 7) is 1.90. The van der Waals surface area contributed by atoms with Gasteiger partial charge in [-0.2, -0.15) is 4.68 Å². The fourth-order valence-electron chi connectivity index (χ4n) is 4.10. The Morgan fingerprint density at radius 1 is 1.24 bits per heavy atom. The van der Waals surface area contributed by atoms with Crippen molar-refractivity contribution in [2.75, 3.05) is 5.32 Å². The van der Waals surface area contributed by atoms with Crippen molar-refractivity contribution in [3.05, 3.63) is 58.2 Å². The number of para-hydroxylation sites is 1. The summed E-state index contributed by atoms with van der Waals surface area (Å²) in [5, 5.41) is 20.3. The molecule has 0 bridgehead atoms. The van der Waals surface area contributed by atoms with Crippen molar-refractivity contribution in [2.45, 2.75) is 36.4 Å². The number of rotatable bonds is 5. The van der Waals surface area contributed by atoms with Crippen LogP contribution in [0.15, 0.2) is 52.1 Å². The number of tetrazole rings is 1. The first-order valence-corrected chi connectivity index (χ1v) is 13.2. The van der Waals surface area contributed by atoms with Crippen LogP contribution in [0.5, 0.6) is 0 Å². The number of benzene rings is 1. The SMILES string of the molecule is Cc1nc(Sc2nnnn2-c2ccccc2)c2c3c(sc2n1)CC(C(=O)Nc1nccs1)CC3. The van der Waals surface area contributed by atoms with E-state index in [0.717, 1.165) is 33.8 Å². The van der Waals surface area contributed by atoms with Gasteiger partial charge in [-0.15, -0.1) is 27.8 Å². The number of carbonyl (C=O) groups excluding carboxylic acids is 1. The number of amides is 1. The molecule has 34 heavy (non-hydrogen) atoms. The maximum Gasteiger partial charge on any atom is 0.229 e. The number of carbonyl (C=O) groups is 1. The van der Waals surface area contributed by atoms with Gasteiger partial charge in [0.15, 0.2) is 5.13 Å². The van der Waals surface area contributed by atoms with Crippen LogP contribution in [0.3, 0.4) is 0 Å². The molecule has 1 N–H and O–H groups in total. The number of hydrogen-bond acceptors (Lipinski definition) is 10. The molecule has 0 fully saturated rings. The van der Waals surface area contributed by atoms with Gasteiger partial charge in [-0.1, -0.05) is 18.2 Å². The van der Waals surface area contributed by atoms with Crippen molar-refractivity contribution in [3.63, 3.8) is 0 Å². The summed E-state index contributed by atoms with van der Waals surface area (Å²) in [4.78, 5) is 28.6. The average molecular weight is 507 g/mol. The molecule has 1 aliphatic carbocycles. The first kappa shape index (κ1) is 21.3. The third kappa shape index (κ3) is 3.97. The second-order valence-electron chi connectivity index (χ2n) is 7.84. The van der Waals surface area contributed by atoms with Crippen LogP contribution < -0.4 is 5.32 Å². The van der Waals surface area contributed by atoms with Crippen LogP contribution in [0.1, 0.15) is 22.7 Å². The van der Waals surface area contributed by atoms with E-state index in [9.17, 15) is 4.79 Å². The minimum absolute atomic E-state index is 0.0250. The van der Waals surface area contributed by atoms with Crippen LogP contribution in [-0.4, -0.2) is 41.1 Å². The summed E-state index contributed by atoms with van der Waals surface area (Å²) in [5.41, 5.74) is 2.12. The van der Waals surface area contributed by atoms with Crippen molar-refractivity contribution >= 4 is 55.7 Å². The summed E-state index contributed by atoms with van der Waals surface area (Å²) < 4.78 is 1.71. The lowest BCUT2D eigenvalue weighted by molar-refractivity contribution is -0.120. The number of thiophene rings is 1. The molecule has 0 aliphatic heterocycles. The number of nitrogens with zero attached hydrogens (tertiary/aromatic N) is 7. The molecule has 9 nitrogen and oxygen atoms in total. The van der Waals surface area contributed by atoms with Crippen molar-refractivity contribution in [1.82, 2.24) is 35.2 Å². The van der Waals surface area contributed by atoms with E-state index in [0.29, 0.717) is 22.5 Å². The van der Waals surface area contributed by atoms with Gasteiger partial charge in [-0.25, -0.2) is 15.0 Å². The minimum Gasteiger partial charge on any atom is -0.302 e. The second kappa shape index (κ2) is 8.85. The Kier molecular flexibility index (Phi) is 5.55. The third-order valence-corrected chi connectivity index (χ3v) is 8.41. The van der Waals surface area contributed by atoms with Crippen molar-refractivity contribution < 1.29 is 4.79 Å². The van der Waals surface area contributed by atoms with Gasteiger partial charge in [0.05, 0.1) is 5.69 Å². The molecule has 1 amide bonds. The topological polar surface area (TPSA) is 111 Å². The Labute approximate surface area is 206 Å². The van der Waals surface area contributed by atoms with E-state index in [2.05, 4.69) is 25.8 Å². The van der Waals surface area contributed by atoms with E-state index < -0.39 is 0 Å². The highest BCUT2D eigenvalue weighted by Crippen LogP contribution is 2.42. The Balaban J connectivity index is 1.33. The lowest BCUT2D eigenvalue weighted by Crippen LogP contribution is -2.27. The molecule has 1 aromatic carbocycles. The lowest BCUT2D eigenvalue weighted by atomic mass is 9.87. The molecule has 4 heterocycles. The summed E-state index contributed by atoms with van der Waals surface area (Å²) in [5.74, 6) is 0.641. The molecule has 1 atom stereocenters.